The van der Waals surface area contributed by atoms with E-state index in [0.717, 1.165) is 11.1 Å². The number of benzene rings is 2. The van der Waals surface area contributed by atoms with Crippen LogP contribution in [0, 0.1) is 0 Å². The lowest BCUT2D eigenvalue weighted by molar-refractivity contribution is 0.331. The Hall–Kier alpha value is -1.38. The minimum atomic E-state index is 0.0580. The number of ether oxygens (including phenoxy) is 2. The summed E-state index contributed by atoms with van der Waals surface area (Å²) in [6.45, 7) is 0. The predicted octanol–water partition coefficient (Wildman–Crippen LogP) is 4.50. The highest BCUT2D eigenvalue weighted by atomic mass is 35.5. The molecular formula is C14H12Cl2O2. The second-order valence-corrected chi connectivity index (χ2v) is 3.94. The van der Waals surface area contributed by atoms with Crippen molar-refractivity contribution in [3.8, 4) is 22.6 Å². The Morgan fingerprint density at radius 2 is 1.50 bits per heavy atom. The normalized spacial score (nSPS) is 10.1. The Labute approximate surface area is 116 Å². The van der Waals surface area contributed by atoms with Gasteiger partial charge >= 0.3 is 0 Å². The Balaban J connectivity index is 2.49. The van der Waals surface area contributed by atoms with Gasteiger partial charge in [-0.25, -0.2) is 0 Å². The quantitative estimate of drug-likeness (QED) is 0.752. The first-order valence-corrected chi connectivity index (χ1v) is 6.49. The van der Waals surface area contributed by atoms with E-state index in [4.69, 9.17) is 32.7 Å². The van der Waals surface area contributed by atoms with Crippen molar-refractivity contribution in [2.45, 2.75) is 0 Å². The molecule has 0 saturated carbocycles. The summed E-state index contributed by atoms with van der Waals surface area (Å²) in [5.41, 5.74) is 1.97. The number of hydrogen-bond donors (Lipinski definition) is 0. The van der Waals surface area contributed by atoms with Gasteiger partial charge < -0.3 is 9.47 Å². The van der Waals surface area contributed by atoms with Gasteiger partial charge in [0.25, 0.3) is 0 Å². The van der Waals surface area contributed by atoms with Gasteiger partial charge in [-0.15, -0.1) is 0 Å². The molecule has 2 aromatic rings. The van der Waals surface area contributed by atoms with Crippen LogP contribution in [-0.2, 0) is 0 Å². The van der Waals surface area contributed by atoms with Crippen LogP contribution in [0.15, 0.2) is 48.5 Å². The number of halogens is 2. The Kier molecular flexibility index (Phi) is 4.73. The molecule has 4 heteroatoms. The molecule has 0 aromatic heterocycles. The molecule has 0 bridgehead atoms. The fraction of sp³-hybridized carbons (Fsp3) is 0.143. The Morgan fingerprint density at radius 1 is 0.778 bits per heavy atom. The van der Waals surface area contributed by atoms with Gasteiger partial charge in [0.15, 0.2) is 23.6 Å². The maximum Gasteiger partial charge on any atom is 0.170 e. The third kappa shape index (κ3) is 2.89. The van der Waals surface area contributed by atoms with E-state index in [-0.39, 0.29) is 12.1 Å². The number of hydrogen-bond acceptors (Lipinski definition) is 2. The van der Waals surface area contributed by atoms with Crippen LogP contribution < -0.4 is 9.47 Å². The van der Waals surface area contributed by atoms with E-state index in [2.05, 4.69) is 0 Å². The summed E-state index contributed by atoms with van der Waals surface area (Å²) < 4.78 is 10.8. The number of rotatable bonds is 5. The molecule has 0 unspecified atom stereocenters. The van der Waals surface area contributed by atoms with Crippen LogP contribution in [0.3, 0.4) is 0 Å². The van der Waals surface area contributed by atoms with Crippen molar-refractivity contribution >= 4 is 23.2 Å². The van der Waals surface area contributed by atoms with Gasteiger partial charge in [0, 0.05) is 5.56 Å². The van der Waals surface area contributed by atoms with Crippen molar-refractivity contribution in [3.05, 3.63) is 48.5 Å². The van der Waals surface area contributed by atoms with E-state index in [1.165, 1.54) is 0 Å². The second kappa shape index (κ2) is 6.53. The van der Waals surface area contributed by atoms with Crippen molar-refractivity contribution in [2.24, 2.45) is 0 Å². The molecule has 0 aliphatic heterocycles. The van der Waals surface area contributed by atoms with Crippen LogP contribution in [0.1, 0.15) is 0 Å². The smallest absolute Gasteiger partial charge is 0.170 e. The molecule has 0 fully saturated rings. The summed E-state index contributed by atoms with van der Waals surface area (Å²) in [6.07, 6.45) is 0. The average molecular weight is 283 g/mol. The molecule has 2 nitrogen and oxygen atoms in total. The van der Waals surface area contributed by atoms with Gasteiger partial charge in [0.05, 0.1) is 0 Å². The van der Waals surface area contributed by atoms with Crippen LogP contribution in [0.2, 0.25) is 0 Å². The molecule has 0 spiro atoms. The van der Waals surface area contributed by atoms with Crippen molar-refractivity contribution in [3.63, 3.8) is 0 Å². The first-order chi connectivity index (χ1) is 8.86. The van der Waals surface area contributed by atoms with Crippen LogP contribution in [0.25, 0.3) is 11.1 Å². The minimum absolute atomic E-state index is 0.0580. The second-order valence-electron chi connectivity index (χ2n) is 3.51. The van der Waals surface area contributed by atoms with Gasteiger partial charge in [-0.1, -0.05) is 65.7 Å². The van der Waals surface area contributed by atoms with Crippen molar-refractivity contribution in [2.75, 3.05) is 12.1 Å². The van der Waals surface area contributed by atoms with Crippen molar-refractivity contribution < 1.29 is 9.47 Å². The minimum Gasteiger partial charge on any atom is -0.474 e. The van der Waals surface area contributed by atoms with Crippen LogP contribution in [0.4, 0.5) is 0 Å². The van der Waals surface area contributed by atoms with Crippen molar-refractivity contribution in [1.82, 2.24) is 0 Å². The van der Waals surface area contributed by atoms with Gasteiger partial charge in [-0.05, 0) is 11.6 Å². The zero-order valence-corrected chi connectivity index (χ0v) is 11.1. The van der Waals surface area contributed by atoms with Crippen LogP contribution >= 0.6 is 23.2 Å². The molecule has 2 aromatic carbocycles. The van der Waals surface area contributed by atoms with Gasteiger partial charge in [-0.3, -0.25) is 0 Å². The first-order valence-electron chi connectivity index (χ1n) is 5.42. The molecule has 0 heterocycles. The number of para-hydroxylation sites is 1. The molecule has 0 aliphatic rings. The lowest BCUT2D eigenvalue weighted by Crippen LogP contribution is -1.98. The lowest BCUT2D eigenvalue weighted by Gasteiger charge is -2.14. The molecule has 0 atom stereocenters. The van der Waals surface area contributed by atoms with Gasteiger partial charge in [0.1, 0.15) is 0 Å². The maximum absolute atomic E-state index is 5.66. The van der Waals surface area contributed by atoms with Crippen LogP contribution in [0.5, 0.6) is 11.5 Å². The highest BCUT2D eigenvalue weighted by Gasteiger charge is 2.12. The van der Waals surface area contributed by atoms with E-state index in [1.54, 1.807) is 6.07 Å². The third-order valence-electron chi connectivity index (χ3n) is 2.47. The molecule has 0 aliphatic carbocycles. The largest absolute Gasteiger partial charge is 0.474 e. The van der Waals surface area contributed by atoms with Gasteiger partial charge in [-0.2, -0.15) is 0 Å². The maximum atomic E-state index is 5.66. The van der Waals surface area contributed by atoms with Crippen LogP contribution in [-0.4, -0.2) is 12.1 Å². The average Bonchev–Trinajstić information content (AvgIpc) is 2.42. The zero-order valence-electron chi connectivity index (χ0n) is 9.61. The number of alkyl halides is 2. The molecule has 0 radical (unpaired) electrons. The Morgan fingerprint density at radius 3 is 2.17 bits per heavy atom. The van der Waals surface area contributed by atoms with E-state index < -0.39 is 0 Å². The predicted molar refractivity (Wildman–Crippen MR) is 74.6 cm³/mol. The zero-order chi connectivity index (χ0) is 12.8. The Bertz CT molecular complexity index is 500. The summed E-state index contributed by atoms with van der Waals surface area (Å²) in [4.78, 5) is 0. The topological polar surface area (TPSA) is 18.5 Å². The summed E-state index contributed by atoms with van der Waals surface area (Å²) in [5.74, 6) is 1.20. The fourth-order valence-electron chi connectivity index (χ4n) is 1.74. The standard InChI is InChI=1S/C14H12Cl2O2/c15-9-17-13-8-4-7-12(14(13)18-10-16)11-5-2-1-3-6-11/h1-8H,9-10H2. The summed E-state index contributed by atoms with van der Waals surface area (Å²) in [6, 6.07) is 15.7. The molecule has 2 rings (SSSR count). The van der Waals surface area contributed by atoms with E-state index >= 15 is 0 Å². The monoisotopic (exact) mass is 282 g/mol. The molecule has 18 heavy (non-hydrogen) atoms. The molecular weight excluding hydrogens is 271 g/mol. The molecule has 0 saturated heterocycles. The summed E-state index contributed by atoms with van der Waals surface area (Å²) >= 11 is 11.3. The van der Waals surface area contributed by atoms with E-state index in [1.807, 2.05) is 42.5 Å². The SMILES string of the molecule is ClCOc1cccc(-c2ccccc2)c1OCCl. The highest BCUT2D eigenvalue weighted by Crippen LogP contribution is 2.38. The third-order valence-corrected chi connectivity index (χ3v) is 2.69. The van der Waals surface area contributed by atoms with E-state index in [0.29, 0.717) is 11.5 Å². The molecule has 0 N–H and O–H groups in total. The van der Waals surface area contributed by atoms with Crippen molar-refractivity contribution in [1.29, 1.82) is 0 Å². The molecule has 0 amide bonds. The van der Waals surface area contributed by atoms with E-state index in [9.17, 15) is 0 Å². The van der Waals surface area contributed by atoms with Gasteiger partial charge in [0.2, 0.25) is 0 Å². The summed E-state index contributed by atoms with van der Waals surface area (Å²) in [5, 5.41) is 0. The lowest BCUT2D eigenvalue weighted by atomic mass is 10.0. The summed E-state index contributed by atoms with van der Waals surface area (Å²) in [7, 11) is 0. The molecule has 94 valence electrons. The fourth-order valence-corrected chi connectivity index (χ4v) is 1.96. The first kappa shape index (κ1) is 13.1. The highest BCUT2D eigenvalue weighted by molar-refractivity contribution is 6.17.